The van der Waals surface area contributed by atoms with Crippen molar-refractivity contribution >= 4 is 17.4 Å². The Labute approximate surface area is 178 Å². The average molecular weight is 447 g/mol. The van der Waals surface area contributed by atoms with Crippen LogP contribution in [-0.4, -0.2) is 21.7 Å². The highest BCUT2D eigenvalue weighted by molar-refractivity contribution is 5.95. The molecule has 0 aliphatic heterocycles. The molecule has 0 radical (unpaired) electrons. The molecule has 0 saturated carbocycles. The van der Waals surface area contributed by atoms with Crippen LogP contribution in [0.1, 0.15) is 5.56 Å². The summed E-state index contributed by atoms with van der Waals surface area (Å²) in [6.07, 6.45) is -3.76. The molecule has 10 heteroatoms. The second kappa shape index (κ2) is 8.29. The van der Waals surface area contributed by atoms with Crippen molar-refractivity contribution in [2.75, 3.05) is 5.32 Å². The van der Waals surface area contributed by atoms with Crippen LogP contribution in [0.25, 0.3) is 16.9 Å². The smallest absolute Gasteiger partial charge is 0.406 e. The fourth-order valence-corrected chi connectivity index (χ4v) is 3.16. The van der Waals surface area contributed by atoms with Crippen LogP contribution in [0.4, 0.5) is 27.8 Å². The monoisotopic (exact) mass is 447 g/mol. The number of hydrogen-bond donors (Lipinski definition) is 1. The van der Waals surface area contributed by atoms with Gasteiger partial charge in [-0.15, -0.1) is 13.2 Å². The number of hydrogen-bond acceptors (Lipinski definition) is 3. The Kier molecular flexibility index (Phi) is 5.52. The zero-order valence-corrected chi connectivity index (χ0v) is 16.2. The molecule has 2 aromatic heterocycles. The third-order valence-electron chi connectivity index (χ3n) is 4.48. The van der Waals surface area contributed by atoms with Gasteiger partial charge in [-0.2, -0.15) is 0 Å². The van der Waals surface area contributed by atoms with Crippen molar-refractivity contribution in [3.63, 3.8) is 0 Å². The molecule has 2 heterocycles. The molecule has 1 amide bonds. The molecule has 0 atom stereocenters. The molecule has 32 heavy (non-hydrogen) atoms. The Hall–Kier alpha value is -3.95. The first-order valence-corrected chi connectivity index (χ1v) is 9.26. The van der Waals surface area contributed by atoms with Gasteiger partial charge >= 0.3 is 6.36 Å². The number of ether oxygens (including phenoxy) is 1. The van der Waals surface area contributed by atoms with Crippen LogP contribution < -0.4 is 10.1 Å². The first kappa shape index (κ1) is 21.3. The standard InChI is InChI=1S/C22H14F5N3O2/c23-15-5-1-13(2-6-15)11-19(31)29-21-20(30-12-16(24)7-10-18(30)28-21)14-3-8-17(9-4-14)32-22(25,26)27/h1-10,12H,11H2,(H,29,31). The lowest BCUT2D eigenvalue weighted by Crippen LogP contribution is -2.17. The number of carbonyl (C=O) groups excluding carboxylic acids is 1. The molecule has 0 bridgehead atoms. The minimum atomic E-state index is -4.84. The number of pyridine rings is 1. The second-order valence-corrected chi connectivity index (χ2v) is 6.81. The molecule has 2 aromatic carbocycles. The first-order chi connectivity index (χ1) is 15.2. The lowest BCUT2D eigenvalue weighted by molar-refractivity contribution is -0.274. The highest BCUT2D eigenvalue weighted by atomic mass is 19.4. The van der Waals surface area contributed by atoms with E-state index in [0.29, 0.717) is 16.8 Å². The molecule has 4 aromatic rings. The zero-order chi connectivity index (χ0) is 22.9. The molecule has 0 spiro atoms. The molecule has 4 rings (SSSR count). The van der Waals surface area contributed by atoms with Crippen LogP contribution in [0.5, 0.6) is 5.75 Å². The van der Waals surface area contributed by atoms with E-state index < -0.39 is 29.7 Å². The summed E-state index contributed by atoms with van der Waals surface area (Å²) in [5, 5.41) is 2.64. The Morgan fingerprint density at radius 3 is 2.25 bits per heavy atom. The van der Waals surface area contributed by atoms with Gasteiger partial charge in [0.1, 0.15) is 23.0 Å². The van der Waals surface area contributed by atoms with Gasteiger partial charge in [0, 0.05) is 11.8 Å². The third kappa shape index (κ3) is 4.85. The molecule has 164 valence electrons. The summed E-state index contributed by atoms with van der Waals surface area (Å²) >= 11 is 0. The van der Waals surface area contributed by atoms with Gasteiger partial charge in [0.05, 0.1) is 12.1 Å². The van der Waals surface area contributed by atoms with Crippen molar-refractivity contribution < 1.29 is 31.5 Å². The molecule has 0 unspecified atom stereocenters. The number of imidazole rings is 1. The van der Waals surface area contributed by atoms with E-state index in [0.717, 1.165) is 18.3 Å². The summed E-state index contributed by atoms with van der Waals surface area (Å²) in [5.74, 6) is -1.80. The van der Waals surface area contributed by atoms with Gasteiger partial charge in [0.2, 0.25) is 5.91 Å². The van der Waals surface area contributed by atoms with Crippen LogP contribution in [0.2, 0.25) is 0 Å². The van der Waals surface area contributed by atoms with Crippen molar-refractivity contribution in [3.8, 4) is 17.0 Å². The average Bonchev–Trinajstić information content (AvgIpc) is 3.06. The molecule has 0 aliphatic carbocycles. The van der Waals surface area contributed by atoms with Gasteiger partial charge in [-0.25, -0.2) is 13.8 Å². The van der Waals surface area contributed by atoms with E-state index in [2.05, 4.69) is 15.0 Å². The summed E-state index contributed by atoms with van der Waals surface area (Å²) in [4.78, 5) is 16.8. The number of halogens is 5. The second-order valence-electron chi connectivity index (χ2n) is 6.81. The first-order valence-electron chi connectivity index (χ1n) is 9.26. The normalized spacial score (nSPS) is 11.5. The third-order valence-corrected chi connectivity index (χ3v) is 4.48. The number of nitrogens with zero attached hydrogens (tertiary/aromatic N) is 2. The Balaban J connectivity index is 1.67. The summed E-state index contributed by atoms with van der Waals surface area (Å²) in [7, 11) is 0. The van der Waals surface area contributed by atoms with Crippen molar-refractivity contribution in [1.29, 1.82) is 0 Å². The fraction of sp³-hybridized carbons (Fsp3) is 0.0909. The molecule has 5 nitrogen and oxygen atoms in total. The lowest BCUT2D eigenvalue weighted by atomic mass is 10.1. The van der Waals surface area contributed by atoms with Gasteiger partial charge in [0.15, 0.2) is 5.82 Å². The van der Waals surface area contributed by atoms with E-state index in [4.69, 9.17) is 0 Å². The summed E-state index contributed by atoms with van der Waals surface area (Å²) in [6.45, 7) is 0. The largest absolute Gasteiger partial charge is 0.573 e. The minimum Gasteiger partial charge on any atom is -0.406 e. The summed E-state index contributed by atoms with van der Waals surface area (Å²) < 4.78 is 69.5. The Morgan fingerprint density at radius 2 is 1.59 bits per heavy atom. The summed E-state index contributed by atoms with van der Waals surface area (Å²) in [6, 6.07) is 12.9. The predicted octanol–water partition coefficient (Wildman–Crippen LogP) is 5.36. The highest BCUT2D eigenvalue weighted by Crippen LogP contribution is 2.32. The molecule has 0 fully saturated rings. The SMILES string of the molecule is O=C(Cc1ccc(F)cc1)Nc1nc2ccc(F)cn2c1-c1ccc(OC(F)(F)F)cc1. The van der Waals surface area contributed by atoms with Gasteiger partial charge in [0.25, 0.3) is 0 Å². The topological polar surface area (TPSA) is 55.6 Å². The molecule has 0 saturated heterocycles. The van der Waals surface area contributed by atoms with Crippen molar-refractivity contribution in [2.24, 2.45) is 0 Å². The maximum atomic E-state index is 13.9. The number of carbonyl (C=O) groups is 1. The van der Waals surface area contributed by atoms with Crippen LogP contribution in [-0.2, 0) is 11.2 Å². The number of nitrogens with one attached hydrogen (secondary N) is 1. The number of amides is 1. The number of alkyl halides is 3. The number of fused-ring (bicyclic) bond motifs is 1. The van der Waals surface area contributed by atoms with Crippen LogP contribution in [0, 0.1) is 11.6 Å². The maximum absolute atomic E-state index is 13.9. The Bertz CT molecular complexity index is 1270. The zero-order valence-electron chi connectivity index (χ0n) is 16.2. The van der Waals surface area contributed by atoms with Gasteiger partial charge in [-0.3, -0.25) is 9.20 Å². The molecule has 0 aliphatic rings. The van der Waals surface area contributed by atoms with Crippen LogP contribution >= 0.6 is 0 Å². The Morgan fingerprint density at radius 1 is 0.938 bits per heavy atom. The number of benzene rings is 2. The van der Waals surface area contributed by atoms with Crippen molar-refractivity contribution in [1.82, 2.24) is 9.38 Å². The number of rotatable bonds is 5. The van der Waals surface area contributed by atoms with E-state index in [9.17, 15) is 26.7 Å². The quantitative estimate of drug-likeness (QED) is 0.419. The maximum Gasteiger partial charge on any atom is 0.573 e. The van der Waals surface area contributed by atoms with Gasteiger partial charge in [-0.05, 0) is 54.1 Å². The van der Waals surface area contributed by atoms with Crippen molar-refractivity contribution in [3.05, 3.63) is 84.1 Å². The van der Waals surface area contributed by atoms with E-state index in [1.165, 1.54) is 52.9 Å². The van der Waals surface area contributed by atoms with E-state index in [-0.39, 0.29) is 17.9 Å². The van der Waals surface area contributed by atoms with Crippen molar-refractivity contribution in [2.45, 2.75) is 12.8 Å². The van der Waals surface area contributed by atoms with Gasteiger partial charge in [-0.1, -0.05) is 12.1 Å². The lowest BCUT2D eigenvalue weighted by Gasteiger charge is -2.10. The van der Waals surface area contributed by atoms with E-state index >= 15 is 0 Å². The molecular formula is C22H14F5N3O2. The number of aromatic nitrogens is 2. The van der Waals surface area contributed by atoms with Crippen LogP contribution in [0.15, 0.2) is 66.9 Å². The van der Waals surface area contributed by atoms with Crippen LogP contribution in [0.3, 0.4) is 0 Å². The van der Waals surface area contributed by atoms with E-state index in [1.54, 1.807) is 0 Å². The fourth-order valence-electron chi connectivity index (χ4n) is 3.16. The minimum absolute atomic E-state index is 0.0691. The molecular weight excluding hydrogens is 433 g/mol. The summed E-state index contributed by atoms with van der Waals surface area (Å²) in [5.41, 5.74) is 1.52. The van der Waals surface area contributed by atoms with E-state index in [1.807, 2.05) is 0 Å². The highest BCUT2D eigenvalue weighted by Gasteiger charge is 2.31. The number of anilines is 1. The molecule has 1 N–H and O–H groups in total. The van der Waals surface area contributed by atoms with Gasteiger partial charge < -0.3 is 10.1 Å². The predicted molar refractivity (Wildman–Crippen MR) is 106 cm³/mol.